The molecule has 1 saturated heterocycles. The monoisotopic (exact) mass is 305 g/mol. The Balaban J connectivity index is 1.61. The van der Waals surface area contributed by atoms with Gasteiger partial charge >= 0.3 is 0 Å². The molecular weight excluding hydrogens is 278 g/mol. The summed E-state index contributed by atoms with van der Waals surface area (Å²) in [5, 5.41) is 13.9. The van der Waals surface area contributed by atoms with Crippen molar-refractivity contribution in [3.05, 3.63) is 24.4 Å². The molecule has 2 heterocycles. The Labute approximate surface area is 132 Å². The summed E-state index contributed by atoms with van der Waals surface area (Å²) in [6.07, 6.45) is 9.85. The van der Waals surface area contributed by atoms with Gasteiger partial charge < -0.3 is 9.63 Å². The van der Waals surface area contributed by atoms with E-state index in [-0.39, 0.29) is 12.0 Å². The van der Waals surface area contributed by atoms with Crippen molar-refractivity contribution < 1.29 is 9.63 Å². The summed E-state index contributed by atoms with van der Waals surface area (Å²) in [7, 11) is 0. The largest absolute Gasteiger partial charge is 0.396 e. The highest BCUT2D eigenvalue weighted by molar-refractivity contribution is 4.98. The van der Waals surface area contributed by atoms with Gasteiger partial charge in [0.05, 0.1) is 13.2 Å². The molecule has 1 unspecified atom stereocenters. The Kier molecular flexibility index (Phi) is 4.93. The molecule has 1 aliphatic heterocycles. The predicted molar refractivity (Wildman–Crippen MR) is 84.4 cm³/mol. The van der Waals surface area contributed by atoms with Gasteiger partial charge in [0.1, 0.15) is 0 Å². The molecule has 0 spiro atoms. The van der Waals surface area contributed by atoms with Gasteiger partial charge in [0.25, 0.3) is 0 Å². The lowest BCUT2D eigenvalue weighted by atomic mass is 9.78. The minimum atomic E-state index is -0.0436. The average molecular weight is 305 g/mol. The summed E-state index contributed by atoms with van der Waals surface area (Å²) in [6, 6.07) is 0. The number of hydrogen-bond acceptors (Lipinski definition) is 5. The SMILES string of the molecule is C=CCC1(CO)CCCN(Cc2noc(C3CCCC3)n2)C1. The number of rotatable bonds is 6. The van der Waals surface area contributed by atoms with Gasteiger partial charge in [-0.2, -0.15) is 4.98 Å². The Bertz CT molecular complexity index is 496. The molecule has 1 aliphatic carbocycles. The maximum atomic E-state index is 9.78. The zero-order valence-electron chi connectivity index (χ0n) is 13.3. The molecule has 0 aromatic carbocycles. The molecule has 1 saturated carbocycles. The molecule has 2 fully saturated rings. The van der Waals surface area contributed by atoms with Gasteiger partial charge in [0, 0.05) is 17.9 Å². The van der Waals surface area contributed by atoms with Gasteiger partial charge in [-0.3, -0.25) is 4.90 Å². The van der Waals surface area contributed by atoms with E-state index in [1.807, 2.05) is 6.08 Å². The van der Waals surface area contributed by atoms with E-state index in [2.05, 4.69) is 21.6 Å². The number of hydrogen-bond donors (Lipinski definition) is 1. The molecular formula is C17H27N3O2. The van der Waals surface area contributed by atoms with Crippen molar-refractivity contribution >= 4 is 0 Å². The van der Waals surface area contributed by atoms with Crippen LogP contribution in [0, 0.1) is 5.41 Å². The van der Waals surface area contributed by atoms with E-state index < -0.39 is 0 Å². The molecule has 0 amide bonds. The minimum absolute atomic E-state index is 0.0436. The van der Waals surface area contributed by atoms with Crippen molar-refractivity contribution in [2.75, 3.05) is 19.7 Å². The molecule has 1 N–H and O–H groups in total. The van der Waals surface area contributed by atoms with Crippen LogP contribution < -0.4 is 0 Å². The van der Waals surface area contributed by atoms with Crippen molar-refractivity contribution in [3.8, 4) is 0 Å². The lowest BCUT2D eigenvalue weighted by Gasteiger charge is -2.41. The van der Waals surface area contributed by atoms with Crippen LogP contribution in [0.15, 0.2) is 17.2 Å². The van der Waals surface area contributed by atoms with Crippen LogP contribution in [0.25, 0.3) is 0 Å². The Morgan fingerprint density at radius 3 is 2.91 bits per heavy atom. The van der Waals surface area contributed by atoms with Gasteiger partial charge in [0.15, 0.2) is 5.82 Å². The lowest BCUT2D eigenvalue weighted by molar-refractivity contribution is 0.0295. The Morgan fingerprint density at radius 1 is 1.36 bits per heavy atom. The molecule has 22 heavy (non-hydrogen) atoms. The normalized spacial score (nSPS) is 27.3. The maximum absolute atomic E-state index is 9.78. The first kappa shape index (κ1) is 15.7. The van der Waals surface area contributed by atoms with Crippen LogP contribution in [0.3, 0.4) is 0 Å². The van der Waals surface area contributed by atoms with Crippen LogP contribution in [0.4, 0.5) is 0 Å². The van der Waals surface area contributed by atoms with Gasteiger partial charge in [-0.1, -0.05) is 24.1 Å². The molecule has 122 valence electrons. The lowest BCUT2D eigenvalue weighted by Crippen LogP contribution is -2.44. The standard InChI is InChI=1S/C17H27N3O2/c1-2-8-17(13-21)9-5-10-20(12-17)11-15-18-16(22-19-15)14-6-3-4-7-14/h2,14,21H,1,3-13H2. The quantitative estimate of drug-likeness (QED) is 0.819. The second-order valence-corrected chi connectivity index (χ2v) is 7.00. The molecule has 2 aliphatic rings. The fourth-order valence-corrected chi connectivity index (χ4v) is 3.98. The zero-order chi connectivity index (χ0) is 15.4. The molecule has 1 aromatic heterocycles. The van der Waals surface area contributed by atoms with E-state index in [9.17, 15) is 5.11 Å². The molecule has 3 rings (SSSR count). The molecule has 1 atom stereocenters. The molecule has 0 bridgehead atoms. The summed E-state index contributed by atoms with van der Waals surface area (Å²) in [4.78, 5) is 6.94. The predicted octanol–water partition coefficient (Wildman–Crippen LogP) is 2.88. The molecule has 1 aromatic rings. The van der Waals surface area contributed by atoms with Crippen LogP contribution >= 0.6 is 0 Å². The minimum Gasteiger partial charge on any atom is -0.396 e. The molecule has 0 radical (unpaired) electrons. The second-order valence-electron chi connectivity index (χ2n) is 7.00. The van der Waals surface area contributed by atoms with E-state index in [0.29, 0.717) is 5.92 Å². The fourth-order valence-electron chi connectivity index (χ4n) is 3.98. The van der Waals surface area contributed by atoms with E-state index in [1.165, 1.54) is 25.7 Å². The van der Waals surface area contributed by atoms with Crippen LogP contribution in [-0.4, -0.2) is 39.8 Å². The number of likely N-dealkylation sites (tertiary alicyclic amines) is 1. The first-order chi connectivity index (χ1) is 10.7. The third kappa shape index (κ3) is 3.41. The van der Waals surface area contributed by atoms with E-state index >= 15 is 0 Å². The van der Waals surface area contributed by atoms with Crippen LogP contribution in [0.5, 0.6) is 0 Å². The topological polar surface area (TPSA) is 62.4 Å². The number of piperidine rings is 1. The number of nitrogens with zero attached hydrogens (tertiary/aromatic N) is 3. The summed E-state index contributed by atoms with van der Waals surface area (Å²) >= 11 is 0. The summed E-state index contributed by atoms with van der Waals surface area (Å²) < 4.78 is 5.46. The first-order valence-electron chi connectivity index (χ1n) is 8.51. The average Bonchev–Trinajstić information content (AvgIpc) is 3.19. The first-order valence-corrected chi connectivity index (χ1v) is 8.51. The van der Waals surface area contributed by atoms with Crippen LogP contribution in [0.2, 0.25) is 0 Å². The van der Waals surface area contributed by atoms with Gasteiger partial charge in [0.2, 0.25) is 5.89 Å². The smallest absolute Gasteiger partial charge is 0.229 e. The molecule has 5 nitrogen and oxygen atoms in total. The molecule has 5 heteroatoms. The van der Waals surface area contributed by atoms with Crippen LogP contribution in [0.1, 0.15) is 62.6 Å². The summed E-state index contributed by atoms with van der Waals surface area (Å²) in [5.74, 6) is 2.08. The highest BCUT2D eigenvalue weighted by atomic mass is 16.5. The summed E-state index contributed by atoms with van der Waals surface area (Å²) in [6.45, 7) is 6.68. The van der Waals surface area contributed by atoms with Gasteiger partial charge in [-0.15, -0.1) is 6.58 Å². The Hall–Kier alpha value is -1.20. The highest BCUT2D eigenvalue weighted by Crippen LogP contribution is 2.35. The van der Waals surface area contributed by atoms with Crippen molar-refractivity contribution in [1.29, 1.82) is 0 Å². The van der Waals surface area contributed by atoms with Crippen molar-refractivity contribution in [3.63, 3.8) is 0 Å². The van der Waals surface area contributed by atoms with Gasteiger partial charge in [-0.25, -0.2) is 0 Å². The summed E-state index contributed by atoms with van der Waals surface area (Å²) in [5.41, 5.74) is -0.0436. The van der Waals surface area contributed by atoms with Gasteiger partial charge in [-0.05, 0) is 38.6 Å². The highest BCUT2D eigenvalue weighted by Gasteiger charge is 2.34. The number of aromatic nitrogens is 2. The number of allylic oxidation sites excluding steroid dienone is 1. The fraction of sp³-hybridized carbons (Fsp3) is 0.765. The van der Waals surface area contributed by atoms with E-state index in [1.54, 1.807) is 0 Å². The Morgan fingerprint density at radius 2 is 2.18 bits per heavy atom. The van der Waals surface area contributed by atoms with Crippen molar-refractivity contribution in [2.24, 2.45) is 5.41 Å². The van der Waals surface area contributed by atoms with Crippen LogP contribution in [-0.2, 0) is 6.54 Å². The van der Waals surface area contributed by atoms with Crippen molar-refractivity contribution in [2.45, 2.75) is 57.4 Å². The van der Waals surface area contributed by atoms with E-state index in [4.69, 9.17) is 4.52 Å². The van der Waals surface area contributed by atoms with E-state index in [0.717, 1.165) is 50.6 Å². The number of aliphatic hydroxyl groups is 1. The second kappa shape index (κ2) is 6.92. The number of aliphatic hydroxyl groups excluding tert-OH is 1. The zero-order valence-corrected chi connectivity index (χ0v) is 13.3. The van der Waals surface area contributed by atoms with Crippen molar-refractivity contribution in [1.82, 2.24) is 15.0 Å². The third-order valence-electron chi connectivity index (χ3n) is 5.21. The maximum Gasteiger partial charge on any atom is 0.229 e. The third-order valence-corrected chi connectivity index (χ3v) is 5.21.